The van der Waals surface area contributed by atoms with Crippen molar-refractivity contribution in [3.8, 4) is 0 Å². The van der Waals surface area contributed by atoms with E-state index in [-0.39, 0.29) is 6.29 Å². The van der Waals surface area contributed by atoms with Gasteiger partial charge in [0.15, 0.2) is 6.29 Å². The van der Waals surface area contributed by atoms with Crippen molar-refractivity contribution in [1.29, 1.82) is 0 Å². The van der Waals surface area contributed by atoms with Gasteiger partial charge in [-0.2, -0.15) is 0 Å². The van der Waals surface area contributed by atoms with Gasteiger partial charge in [0.05, 0.1) is 13.2 Å². The number of rotatable bonds is 5. The van der Waals surface area contributed by atoms with Crippen LogP contribution < -0.4 is 0 Å². The lowest BCUT2D eigenvalue weighted by atomic mass is 9.96. The van der Waals surface area contributed by atoms with Crippen LogP contribution in [0.2, 0.25) is 0 Å². The minimum absolute atomic E-state index is 0.109. The van der Waals surface area contributed by atoms with Crippen molar-refractivity contribution in [2.75, 3.05) is 32.8 Å². The Morgan fingerprint density at radius 2 is 1.75 bits per heavy atom. The number of hydrogen-bond donors (Lipinski definition) is 0. The van der Waals surface area contributed by atoms with Crippen molar-refractivity contribution in [3.63, 3.8) is 0 Å². The van der Waals surface area contributed by atoms with Crippen LogP contribution in [0, 0.1) is 5.92 Å². The molecule has 0 aromatic carbocycles. The molecule has 0 saturated carbocycles. The molecule has 0 atom stereocenters. The Kier molecular flexibility index (Phi) is 5.07. The van der Waals surface area contributed by atoms with Gasteiger partial charge in [-0.05, 0) is 38.9 Å². The van der Waals surface area contributed by atoms with E-state index < -0.39 is 0 Å². The van der Waals surface area contributed by atoms with Crippen LogP contribution in [0.25, 0.3) is 0 Å². The molecule has 0 spiro atoms. The standard InChI is InChI=1S/C13H25NO2/c1-2-3-4-7-14-8-5-12(6-9-14)13-15-10-11-16-13/h12-13H,2-11H2,1H3. The summed E-state index contributed by atoms with van der Waals surface area (Å²) >= 11 is 0. The normalized spacial score (nSPS) is 25.3. The van der Waals surface area contributed by atoms with E-state index in [4.69, 9.17) is 9.47 Å². The summed E-state index contributed by atoms with van der Waals surface area (Å²) in [5.41, 5.74) is 0. The van der Waals surface area contributed by atoms with Gasteiger partial charge in [-0.15, -0.1) is 0 Å². The Morgan fingerprint density at radius 1 is 1.06 bits per heavy atom. The van der Waals surface area contributed by atoms with Crippen LogP contribution in [-0.2, 0) is 9.47 Å². The maximum absolute atomic E-state index is 5.59. The highest BCUT2D eigenvalue weighted by molar-refractivity contribution is 4.75. The molecule has 3 nitrogen and oxygen atoms in total. The zero-order chi connectivity index (χ0) is 11.2. The topological polar surface area (TPSA) is 21.7 Å². The van der Waals surface area contributed by atoms with Crippen LogP contribution in [0.5, 0.6) is 0 Å². The summed E-state index contributed by atoms with van der Waals surface area (Å²) in [6.45, 7) is 7.60. The molecule has 2 aliphatic heterocycles. The van der Waals surface area contributed by atoms with Crippen LogP contribution in [0.15, 0.2) is 0 Å². The highest BCUT2D eigenvalue weighted by Crippen LogP contribution is 2.25. The van der Waals surface area contributed by atoms with Gasteiger partial charge >= 0.3 is 0 Å². The predicted octanol–water partition coefficient (Wildman–Crippen LogP) is 2.26. The Morgan fingerprint density at radius 3 is 2.38 bits per heavy atom. The third-order valence-electron chi connectivity index (χ3n) is 3.74. The highest BCUT2D eigenvalue weighted by Gasteiger charge is 2.29. The molecule has 0 bridgehead atoms. The van der Waals surface area contributed by atoms with E-state index in [9.17, 15) is 0 Å². The van der Waals surface area contributed by atoms with E-state index in [1.807, 2.05) is 0 Å². The molecule has 2 rings (SSSR count). The second-order valence-electron chi connectivity index (χ2n) is 5.00. The van der Waals surface area contributed by atoms with Gasteiger partial charge in [0.25, 0.3) is 0 Å². The van der Waals surface area contributed by atoms with Crippen molar-refractivity contribution in [3.05, 3.63) is 0 Å². The Bertz CT molecular complexity index is 184. The molecule has 2 saturated heterocycles. The first-order valence-electron chi connectivity index (χ1n) is 6.85. The summed E-state index contributed by atoms with van der Waals surface area (Å²) in [6, 6.07) is 0. The van der Waals surface area contributed by atoms with Crippen molar-refractivity contribution >= 4 is 0 Å². The molecule has 0 radical (unpaired) electrons. The molecule has 94 valence electrons. The molecule has 0 aromatic rings. The quantitative estimate of drug-likeness (QED) is 0.672. The number of unbranched alkanes of at least 4 members (excludes halogenated alkanes) is 2. The lowest BCUT2D eigenvalue weighted by Gasteiger charge is -2.33. The monoisotopic (exact) mass is 227 g/mol. The second kappa shape index (κ2) is 6.58. The first kappa shape index (κ1) is 12.3. The summed E-state index contributed by atoms with van der Waals surface area (Å²) in [5.74, 6) is 0.643. The first-order valence-corrected chi connectivity index (χ1v) is 6.85. The average Bonchev–Trinajstić information content (AvgIpc) is 2.84. The maximum Gasteiger partial charge on any atom is 0.160 e. The number of ether oxygens (including phenoxy) is 2. The van der Waals surface area contributed by atoms with E-state index in [0.717, 1.165) is 13.2 Å². The molecule has 2 heterocycles. The fourth-order valence-electron chi connectivity index (χ4n) is 2.68. The van der Waals surface area contributed by atoms with Gasteiger partial charge in [-0.1, -0.05) is 19.8 Å². The average molecular weight is 227 g/mol. The zero-order valence-electron chi connectivity index (χ0n) is 10.5. The van der Waals surface area contributed by atoms with Crippen molar-refractivity contribution in [2.45, 2.75) is 45.3 Å². The molecule has 3 heteroatoms. The van der Waals surface area contributed by atoms with Gasteiger partial charge < -0.3 is 14.4 Å². The van der Waals surface area contributed by atoms with Crippen LogP contribution in [0.1, 0.15) is 39.0 Å². The van der Waals surface area contributed by atoms with Crippen LogP contribution in [-0.4, -0.2) is 44.0 Å². The van der Waals surface area contributed by atoms with Crippen LogP contribution in [0.4, 0.5) is 0 Å². The number of likely N-dealkylation sites (tertiary alicyclic amines) is 1. The van der Waals surface area contributed by atoms with Gasteiger partial charge in [-0.25, -0.2) is 0 Å². The van der Waals surface area contributed by atoms with E-state index in [1.165, 1.54) is 51.7 Å². The summed E-state index contributed by atoms with van der Waals surface area (Å²) in [5, 5.41) is 0. The lowest BCUT2D eigenvalue weighted by molar-refractivity contribution is -0.0973. The van der Waals surface area contributed by atoms with Gasteiger partial charge in [0.2, 0.25) is 0 Å². The van der Waals surface area contributed by atoms with E-state index in [0.29, 0.717) is 5.92 Å². The lowest BCUT2D eigenvalue weighted by Crippen LogP contribution is -2.38. The van der Waals surface area contributed by atoms with E-state index in [2.05, 4.69) is 11.8 Å². The molecule has 2 aliphatic rings. The summed E-state index contributed by atoms with van der Waals surface area (Å²) < 4.78 is 11.2. The number of piperidine rings is 1. The molecule has 0 N–H and O–H groups in total. The smallest absolute Gasteiger partial charge is 0.160 e. The molecule has 0 aliphatic carbocycles. The minimum Gasteiger partial charge on any atom is -0.350 e. The molecular formula is C13H25NO2. The van der Waals surface area contributed by atoms with Crippen LogP contribution >= 0.6 is 0 Å². The Balaban J connectivity index is 1.62. The van der Waals surface area contributed by atoms with E-state index in [1.54, 1.807) is 0 Å². The highest BCUT2D eigenvalue weighted by atomic mass is 16.7. The van der Waals surface area contributed by atoms with Crippen LogP contribution in [0.3, 0.4) is 0 Å². The molecular weight excluding hydrogens is 202 g/mol. The number of hydrogen-bond acceptors (Lipinski definition) is 3. The Hall–Kier alpha value is -0.120. The zero-order valence-corrected chi connectivity index (χ0v) is 10.5. The largest absolute Gasteiger partial charge is 0.350 e. The van der Waals surface area contributed by atoms with Gasteiger partial charge in [-0.3, -0.25) is 0 Å². The van der Waals surface area contributed by atoms with E-state index >= 15 is 0 Å². The summed E-state index contributed by atoms with van der Waals surface area (Å²) in [4.78, 5) is 2.60. The van der Waals surface area contributed by atoms with Crippen molar-refractivity contribution in [1.82, 2.24) is 4.90 Å². The first-order chi connectivity index (χ1) is 7.90. The molecule has 2 fully saturated rings. The SMILES string of the molecule is CCCCCN1CCC(C2OCCO2)CC1. The van der Waals surface area contributed by atoms with Crippen molar-refractivity contribution in [2.24, 2.45) is 5.92 Å². The minimum atomic E-state index is 0.109. The van der Waals surface area contributed by atoms with Gasteiger partial charge in [0.1, 0.15) is 0 Å². The third-order valence-corrected chi connectivity index (χ3v) is 3.74. The Labute approximate surface area is 99.1 Å². The summed E-state index contributed by atoms with van der Waals surface area (Å²) in [7, 11) is 0. The summed E-state index contributed by atoms with van der Waals surface area (Å²) in [6.07, 6.45) is 6.65. The van der Waals surface area contributed by atoms with Crippen molar-refractivity contribution < 1.29 is 9.47 Å². The molecule has 0 amide bonds. The fraction of sp³-hybridized carbons (Fsp3) is 1.00. The fourth-order valence-corrected chi connectivity index (χ4v) is 2.68. The maximum atomic E-state index is 5.59. The van der Waals surface area contributed by atoms with Gasteiger partial charge in [0, 0.05) is 5.92 Å². The predicted molar refractivity (Wildman–Crippen MR) is 64.4 cm³/mol. The molecule has 16 heavy (non-hydrogen) atoms. The molecule has 0 unspecified atom stereocenters. The second-order valence-corrected chi connectivity index (χ2v) is 5.00. The number of nitrogens with zero attached hydrogens (tertiary/aromatic N) is 1. The third kappa shape index (κ3) is 3.44. The molecule has 0 aromatic heterocycles.